The van der Waals surface area contributed by atoms with E-state index in [0.29, 0.717) is 0 Å². The molecule has 0 radical (unpaired) electrons. The molecule has 22 heavy (non-hydrogen) atoms. The van der Waals surface area contributed by atoms with E-state index >= 15 is 0 Å². The van der Waals surface area contributed by atoms with Crippen LogP contribution in [0.4, 0.5) is 0 Å². The topological polar surface area (TPSA) is 52.6 Å². The number of ether oxygens (including phenoxy) is 2. The van der Waals surface area contributed by atoms with Crippen molar-refractivity contribution in [2.24, 2.45) is 5.92 Å². The number of hydrogen-bond acceptors (Lipinski definition) is 4. The molecule has 0 aromatic heterocycles. The zero-order chi connectivity index (χ0) is 16.5. The van der Waals surface area contributed by atoms with Gasteiger partial charge in [-0.05, 0) is 39.7 Å². The summed E-state index contributed by atoms with van der Waals surface area (Å²) >= 11 is 0. The second kappa shape index (κ2) is 9.03. The van der Waals surface area contributed by atoms with Gasteiger partial charge in [0.1, 0.15) is 0 Å². The van der Waals surface area contributed by atoms with Gasteiger partial charge < -0.3 is 9.47 Å². The van der Waals surface area contributed by atoms with Gasteiger partial charge in [-0.1, -0.05) is 42.5 Å². The van der Waals surface area contributed by atoms with Crippen LogP contribution in [0.15, 0.2) is 36.4 Å². The number of allylic oxidation sites excluding steroid dienone is 1. The quantitative estimate of drug-likeness (QED) is 0.570. The van der Waals surface area contributed by atoms with Crippen LogP contribution in [-0.4, -0.2) is 24.1 Å². The monoisotopic (exact) mass is 304 g/mol. The molecule has 0 amide bonds. The number of hydrogen-bond donors (Lipinski definition) is 0. The maximum Gasteiger partial charge on any atom is 0.320 e. The van der Waals surface area contributed by atoms with Gasteiger partial charge in [-0.15, -0.1) is 0 Å². The Kier molecular flexibility index (Phi) is 7.37. The number of rotatable bonds is 7. The highest BCUT2D eigenvalue weighted by Gasteiger charge is 2.29. The van der Waals surface area contributed by atoms with Crippen LogP contribution in [0.25, 0.3) is 6.08 Å². The third-order valence-corrected chi connectivity index (χ3v) is 2.75. The van der Waals surface area contributed by atoms with Crippen molar-refractivity contribution >= 4 is 18.0 Å². The fourth-order valence-electron chi connectivity index (χ4n) is 1.82. The van der Waals surface area contributed by atoms with Crippen molar-refractivity contribution in [3.05, 3.63) is 42.0 Å². The lowest BCUT2D eigenvalue weighted by atomic mass is 10.0. The van der Waals surface area contributed by atoms with E-state index in [2.05, 4.69) is 0 Å². The van der Waals surface area contributed by atoms with Crippen molar-refractivity contribution < 1.29 is 19.1 Å². The highest BCUT2D eigenvalue weighted by molar-refractivity contribution is 5.95. The summed E-state index contributed by atoms with van der Waals surface area (Å²) in [6.07, 6.45) is 3.40. The van der Waals surface area contributed by atoms with E-state index in [-0.39, 0.29) is 18.6 Å². The Bertz CT molecular complexity index is 481. The largest absolute Gasteiger partial charge is 0.462 e. The van der Waals surface area contributed by atoms with Crippen LogP contribution in [0.2, 0.25) is 0 Å². The van der Waals surface area contributed by atoms with Crippen LogP contribution in [0.3, 0.4) is 0 Å². The molecule has 0 heterocycles. The molecule has 0 spiro atoms. The zero-order valence-electron chi connectivity index (χ0n) is 13.6. The summed E-state index contributed by atoms with van der Waals surface area (Å²) in [4.78, 5) is 24.1. The maximum atomic E-state index is 12.1. The van der Waals surface area contributed by atoms with E-state index in [9.17, 15) is 9.59 Å². The fraction of sp³-hybridized carbons (Fsp3) is 0.444. The highest BCUT2D eigenvalue weighted by atomic mass is 16.6. The smallest absolute Gasteiger partial charge is 0.320 e. The Hall–Kier alpha value is -2.10. The third-order valence-electron chi connectivity index (χ3n) is 2.75. The van der Waals surface area contributed by atoms with E-state index in [4.69, 9.17) is 9.47 Å². The molecule has 0 unspecified atom stereocenters. The second-order valence-corrected chi connectivity index (χ2v) is 5.57. The summed E-state index contributed by atoms with van der Waals surface area (Å²) in [6, 6.07) is 9.68. The van der Waals surface area contributed by atoms with Crippen LogP contribution in [0.1, 0.15) is 39.7 Å². The van der Waals surface area contributed by atoms with Gasteiger partial charge in [-0.25, -0.2) is 0 Å². The van der Waals surface area contributed by atoms with E-state index < -0.39 is 17.9 Å². The van der Waals surface area contributed by atoms with Gasteiger partial charge in [0.2, 0.25) is 0 Å². The standard InChI is InChI=1S/C18H24O4/c1-13(2)21-17(19)16(18(20)22-14(3)4)12-8-11-15-9-6-5-7-10-15/h5-11,13-14,16H,12H2,1-4H3/b11-8+. The van der Waals surface area contributed by atoms with Crippen LogP contribution in [0, 0.1) is 5.92 Å². The summed E-state index contributed by atoms with van der Waals surface area (Å²) < 4.78 is 10.3. The van der Waals surface area contributed by atoms with Gasteiger partial charge in [-0.3, -0.25) is 9.59 Å². The molecule has 0 saturated carbocycles. The van der Waals surface area contributed by atoms with E-state index in [1.807, 2.05) is 36.4 Å². The highest BCUT2D eigenvalue weighted by Crippen LogP contribution is 2.14. The average molecular weight is 304 g/mol. The van der Waals surface area contributed by atoms with Gasteiger partial charge in [-0.2, -0.15) is 0 Å². The summed E-state index contributed by atoms with van der Waals surface area (Å²) in [7, 11) is 0. The van der Waals surface area contributed by atoms with Gasteiger partial charge in [0, 0.05) is 0 Å². The predicted molar refractivity (Wildman–Crippen MR) is 86.0 cm³/mol. The molecule has 1 rings (SSSR count). The molecular weight excluding hydrogens is 280 g/mol. The Morgan fingerprint density at radius 1 is 0.955 bits per heavy atom. The minimum absolute atomic E-state index is 0.256. The first-order chi connectivity index (χ1) is 10.4. The molecule has 4 heteroatoms. The SMILES string of the molecule is CC(C)OC(=O)C(C/C=C/c1ccccc1)C(=O)OC(C)C. The average Bonchev–Trinajstić information content (AvgIpc) is 2.42. The molecule has 0 aliphatic rings. The Morgan fingerprint density at radius 2 is 1.45 bits per heavy atom. The van der Waals surface area contributed by atoms with Crippen LogP contribution in [-0.2, 0) is 19.1 Å². The van der Waals surface area contributed by atoms with Crippen molar-refractivity contribution in [2.75, 3.05) is 0 Å². The summed E-state index contributed by atoms with van der Waals surface area (Å²) in [5.41, 5.74) is 1.01. The Morgan fingerprint density at radius 3 is 1.91 bits per heavy atom. The lowest BCUT2D eigenvalue weighted by Gasteiger charge is -2.17. The van der Waals surface area contributed by atoms with Crippen molar-refractivity contribution in [1.29, 1.82) is 0 Å². The van der Waals surface area contributed by atoms with Crippen molar-refractivity contribution in [3.8, 4) is 0 Å². The minimum atomic E-state index is -0.926. The summed E-state index contributed by atoms with van der Waals surface area (Å²) in [5, 5.41) is 0. The summed E-state index contributed by atoms with van der Waals surface area (Å²) in [6.45, 7) is 7.01. The molecule has 0 aliphatic heterocycles. The molecule has 1 aromatic carbocycles. The molecule has 1 aromatic rings. The molecular formula is C18H24O4. The first kappa shape index (κ1) is 18.0. The first-order valence-corrected chi connectivity index (χ1v) is 7.52. The second-order valence-electron chi connectivity index (χ2n) is 5.57. The fourth-order valence-corrected chi connectivity index (χ4v) is 1.82. The number of carbonyl (C=O) groups is 2. The van der Waals surface area contributed by atoms with Gasteiger partial charge in [0.05, 0.1) is 12.2 Å². The molecule has 4 nitrogen and oxygen atoms in total. The Labute approximate surface area is 132 Å². The van der Waals surface area contributed by atoms with Crippen LogP contribution >= 0.6 is 0 Å². The normalized spacial score (nSPS) is 11.4. The lowest BCUT2D eigenvalue weighted by molar-refractivity contribution is -0.166. The molecule has 0 atom stereocenters. The molecule has 120 valence electrons. The Balaban J connectivity index is 2.74. The zero-order valence-corrected chi connectivity index (χ0v) is 13.6. The number of esters is 2. The minimum Gasteiger partial charge on any atom is -0.462 e. The van der Waals surface area contributed by atoms with Crippen LogP contribution in [0.5, 0.6) is 0 Å². The van der Waals surface area contributed by atoms with E-state index in [0.717, 1.165) is 5.56 Å². The molecule has 0 N–H and O–H groups in total. The number of benzene rings is 1. The van der Waals surface area contributed by atoms with Crippen molar-refractivity contribution in [3.63, 3.8) is 0 Å². The maximum absolute atomic E-state index is 12.1. The van der Waals surface area contributed by atoms with Crippen molar-refractivity contribution in [2.45, 2.75) is 46.3 Å². The van der Waals surface area contributed by atoms with Crippen molar-refractivity contribution in [1.82, 2.24) is 0 Å². The first-order valence-electron chi connectivity index (χ1n) is 7.52. The van der Waals surface area contributed by atoms with Gasteiger partial charge in [0.25, 0.3) is 0 Å². The molecule has 0 bridgehead atoms. The lowest BCUT2D eigenvalue weighted by Crippen LogP contribution is -2.30. The number of carbonyl (C=O) groups excluding carboxylic acids is 2. The van der Waals surface area contributed by atoms with E-state index in [1.165, 1.54) is 0 Å². The third kappa shape index (κ3) is 6.57. The summed E-state index contributed by atoms with van der Waals surface area (Å²) in [5.74, 6) is -2.01. The predicted octanol–water partition coefficient (Wildman–Crippen LogP) is 3.61. The molecule has 0 aliphatic carbocycles. The molecule has 0 fully saturated rings. The van der Waals surface area contributed by atoms with Crippen LogP contribution < -0.4 is 0 Å². The molecule has 0 saturated heterocycles. The van der Waals surface area contributed by atoms with Gasteiger partial charge in [0.15, 0.2) is 5.92 Å². The van der Waals surface area contributed by atoms with Gasteiger partial charge >= 0.3 is 11.9 Å². The van der Waals surface area contributed by atoms with E-state index in [1.54, 1.807) is 33.8 Å².